The van der Waals surface area contributed by atoms with E-state index in [0.29, 0.717) is 41.7 Å². The van der Waals surface area contributed by atoms with Crippen LogP contribution in [-0.4, -0.2) is 73.8 Å². The first kappa shape index (κ1) is 29.6. The molecule has 0 bridgehead atoms. The SMILES string of the molecule is O=C(NCc1cc2nc(N3CCOc4cc(N5CC[C@H]5CF)cnc43)ccc2cn1)c1cc(Br)c2c(c1)S(=O)(=O)[C@@H](F)CCO2. The number of anilines is 3. The molecule has 1 fully saturated rings. The van der Waals surface area contributed by atoms with Crippen molar-refractivity contribution in [1.82, 2.24) is 20.3 Å². The van der Waals surface area contributed by atoms with Crippen molar-refractivity contribution < 1.29 is 31.5 Å². The van der Waals surface area contributed by atoms with Gasteiger partial charge in [-0.2, -0.15) is 0 Å². The van der Waals surface area contributed by atoms with Gasteiger partial charge in [0.1, 0.15) is 24.0 Å². The minimum absolute atomic E-state index is 0.00936. The fourth-order valence-corrected chi connectivity index (χ4v) is 7.68. The fraction of sp³-hybridized carbons (Fsp3) is 0.333. The standard InChI is InChI=1S/C30H27BrF2N6O5S/c31-22-9-18(10-25-28(22)44-7-4-26(33)45(25,41)42)30(40)36-15-19-11-23-17(14-34-19)1-2-27(37-23)39-6-8-43-24-12-21(16-35-29(24)39)38-5-3-20(38)13-32/h1-2,9-12,14,16,20,26H,3-8,13,15H2,(H,36,40)/t20-,26+/m0/s1. The number of rotatable bonds is 6. The zero-order valence-corrected chi connectivity index (χ0v) is 26.2. The highest BCUT2D eigenvalue weighted by molar-refractivity contribution is 9.10. The Morgan fingerprint density at radius 1 is 1.07 bits per heavy atom. The quantitative estimate of drug-likeness (QED) is 0.304. The van der Waals surface area contributed by atoms with Crippen LogP contribution in [0, 0.1) is 0 Å². The highest BCUT2D eigenvalue weighted by atomic mass is 79.9. The van der Waals surface area contributed by atoms with Crippen LogP contribution in [0.2, 0.25) is 0 Å². The zero-order chi connectivity index (χ0) is 31.3. The largest absolute Gasteiger partial charge is 0.491 e. The summed E-state index contributed by atoms with van der Waals surface area (Å²) in [6, 6.07) is 9.87. The van der Waals surface area contributed by atoms with Gasteiger partial charge in [-0.3, -0.25) is 9.78 Å². The molecule has 3 aliphatic rings. The van der Waals surface area contributed by atoms with Crippen LogP contribution in [0.4, 0.5) is 26.1 Å². The maximum atomic E-state index is 14.3. The van der Waals surface area contributed by atoms with Gasteiger partial charge in [-0.25, -0.2) is 27.2 Å². The van der Waals surface area contributed by atoms with E-state index in [-0.39, 0.29) is 46.3 Å². The number of halogens is 3. The summed E-state index contributed by atoms with van der Waals surface area (Å²) < 4.78 is 64.6. The Kier molecular flexibility index (Phi) is 7.68. The summed E-state index contributed by atoms with van der Waals surface area (Å²) in [5.74, 6) is 1.31. The van der Waals surface area contributed by atoms with Crippen molar-refractivity contribution >= 4 is 59.9 Å². The highest BCUT2D eigenvalue weighted by Gasteiger charge is 2.35. The fourth-order valence-electron chi connectivity index (χ4n) is 5.57. The lowest BCUT2D eigenvalue weighted by atomic mass is 10.0. The van der Waals surface area contributed by atoms with Crippen molar-refractivity contribution in [3.05, 3.63) is 64.5 Å². The maximum absolute atomic E-state index is 14.3. The topological polar surface area (TPSA) is 127 Å². The van der Waals surface area contributed by atoms with Crippen molar-refractivity contribution in [3.8, 4) is 11.5 Å². The van der Waals surface area contributed by atoms with Gasteiger partial charge in [-0.05, 0) is 52.7 Å². The lowest BCUT2D eigenvalue weighted by molar-refractivity contribution is 0.0950. The van der Waals surface area contributed by atoms with Gasteiger partial charge >= 0.3 is 0 Å². The molecule has 1 aromatic carbocycles. The second-order valence-corrected chi connectivity index (χ2v) is 13.8. The molecule has 0 aliphatic carbocycles. The molecule has 234 valence electrons. The Hall–Kier alpha value is -4.11. The summed E-state index contributed by atoms with van der Waals surface area (Å²) >= 11 is 3.26. The molecule has 2 atom stereocenters. The van der Waals surface area contributed by atoms with Crippen LogP contribution in [-0.2, 0) is 16.4 Å². The number of benzene rings is 1. The summed E-state index contributed by atoms with van der Waals surface area (Å²) in [6.45, 7) is 1.27. The number of fused-ring (bicyclic) bond motifs is 3. The normalized spacial score (nSPS) is 20.2. The first-order valence-electron chi connectivity index (χ1n) is 14.3. The number of carbonyl (C=O) groups excluding carboxylic acids is 1. The zero-order valence-electron chi connectivity index (χ0n) is 23.7. The molecule has 45 heavy (non-hydrogen) atoms. The summed E-state index contributed by atoms with van der Waals surface area (Å²) in [5.41, 5.74) is -0.0977. The highest BCUT2D eigenvalue weighted by Crippen LogP contribution is 2.40. The number of nitrogens with zero attached hydrogens (tertiary/aromatic N) is 5. The van der Waals surface area contributed by atoms with E-state index in [2.05, 4.69) is 31.2 Å². The molecule has 1 N–H and O–H groups in total. The van der Waals surface area contributed by atoms with Crippen LogP contribution in [0.15, 0.2) is 58.2 Å². The van der Waals surface area contributed by atoms with Crippen LogP contribution in [0.3, 0.4) is 0 Å². The van der Waals surface area contributed by atoms with Gasteiger partial charge in [0.2, 0.25) is 15.3 Å². The second kappa shape index (κ2) is 11.7. The van der Waals surface area contributed by atoms with E-state index in [0.717, 1.165) is 30.1 Å². The molecule has 1 amide bonds. The van der Waals surface area contributed by atoms with Crippen LogP contribution < -0.4 is 24.6 Å². The Morgan fingerprint density at radius 3 is 2.73 bits per heavy atom. The predicted molar refractivity (Wildman–Crippen MR) is 166 cm³/mol. The molecule has 4 aromatic rings. The number of sulfone groups is 1. The van der Waals surface area contributed by atoms with E-state index >= 15 is 0 Å². The molecule has 11 nitrogen and oxygen atoms in total. The van der Waals surface area contributed by atoms with Gasteiger partial charge in [0.05, 0.1) is 53.3 Å². The lowest BCUT2D eigenvalue weighted by Gasteiger charge is -2.41. The molecule has 1 saturated heterocycles. The van der Waals surface area contributed by atoms with Crippen molar-refractivity contribution in [2.24, 2.45) is 0 Å². The number of ether oxygens (including phenoxy) is 2. The number of hydrogen-bond donors (Lipinski definition) is 1. The molecule has 15 heteroatoms. The Balaban J connectivity index is 1.10. The van der Waals surface area contributed by atoms with E-state index in [4.69, 9.17) is 14.5 Å². The van der Waals surface area contributed by atoms with E-state index in [1.54, 1.807) is 18.5 Å². The number of hydrogen-bond acceptors (Lipinski definition) is 10. The summed E-state index contributed by atoms with van der Waals surface area (Å²) in [5, 5.41) is 3.54. The monoisotopic (exact) mass is 700 g/mol. The van der Waals surface area contributed by atoms with Crippen LogP contribution in [0.5, 0.6) is 11.5 Å². The Morgan fingerprint density at radius 2 is 1.93 bits per heavy atom. The molecule has 0 unspecified atom stereocenters. The van der Waals surface area contributed by atoms with Crippen LogP contribution >= 0.6 is 15.9 Å². The third kappa shape index (κ3) is 5.41. The summed E-state index contributed by atoms with van der Waals surface area (Å²) in [7, 11) is -4.32. The predicted octanol–water partition coefficient (Wildman–Crippen LogP) is 4.65. The third-order valence-electron chi connectivity index (χ3n) is 8.13. The van der Waals surface area contributed by atoms with Gasteiger partial charge in [0.25, 0.3) is 5.91 Å². The second-order valence-electron chi connectivity index (χ2n) is 10.9. The molecular weight excluding hydrogens is 674 g/mol. The first-order chi connectivity index (χ1) is 21.7. The minimum Gasteiger partial charge on any atom is -0.491 e. The van der Waals surface area contributed by atoms with Gasteiger partial charge in [-0.15, -0.1) is 0 Å². The average molecular weight is 702 g/mol. The van der Waals surface area contributed by atoms with Gasteiger partial charge in [-0.1, -0.05) is 0 Å². The molecule has 0 radical (unpaired) electrons. The number of alkyl halides is 2. The molecule has 6 heterocycles. The maximum Gasteiger partial charge on any atom is 0.251 e. The first-order valence-corrected chi connectivity index (χ1v) is 16.7. The molecule has 3 aromatic heterocycles. The van der Waals surface area contributed by atoms with Crippen molar-refractivity contribution in [3.63, 3.8) is 0 Å². The Bertz CT molecular complexity index is 1930. The van der Waals surface area contributed by atoms with Gasteiger partial charge < -0.3 is 24.6 Å². The number of amides is 1. The minimum atomic E-state index is -4.32. The van der Waals surface area contributed by atoms with Crippen molar-refractivity contribution in [1.29, 1.82) is 0 Å². The van der Waals surface area contributed by atoms with Crippen molar-refractivity contribution in [2.75, 3.05) is 42.8 Å². The van der Waals surface area contributed by atoms with Gasteiger partial charge in [0, 0.05) is 36.2 Å². The van der Waals surface area contributed by atoms with Crippen LogP contribution in [0.1, 0.15) is 28.9 Å². The third-order valence-corrected chi connectivity index (χ3v) is 10.5. The molecule has 7 rings (SSSR count). The van der Waals surface area contributed by atoms with Crippen LogP contribution in [0.25, 0.3) is 10.9 Å². The molecule has 0 saturated carbocycles. The van der Waals surface area contributed by atoms with E-state index in [9.17, 15) is 22.0 Å². The number of nitrogens with one attached hydrogen (secondary N) is 1. The lowest BCUT2D eigenvalue weighted by Crippen LogP contribution is -2.49. The molecule has 0 spiro atoms. The average Bonchev–Trinajstić information content (AvgIpc) is 3.13. The number of pyridine rings is 3. The number of aromatic nitrogens is 3. The van der Waals surface area contributed by atoms with E-state index in [1.807, 2.05) is 28.0 Å². The smallest absolute Gasteiger partial charge is 0.251 e. The van der Waals surface area contributed by atoms with E-state index < -0.39 is 27.9 Å². The summed E-state index contributed by atoms with van der Waals surface area (Å²) in [6.07, 6.45) is 3.90. The summed E-state index contributed by atoms with van der Waals surface area (Å²) in [4.78, 5) is 30.5. The van der Waals surface area contributed by atoms with Crippen molar-refractivity contribution in [2.45, 2.75) is 35.8 Å². The molecule has 3 aliphatic heterocycles. The molecular formula is C30H27BrF2N6O5S. The Labute approximate surface area is 265 Å². The van der Waals surface area contributed by atoms with Gasteiger partial charge in [0.15, 0.2) is 17.3 Å². The number of carbonyl (C=O) groups is 1. The van der Waals surface area contributed by atoms with E-state index in [1.165, 1.54) is 6.07 Å².